The van der Waals surface area contributed by atoms with Crippen LogP contribution in [0, 0.1) is 5.92 Å². The third-order valence-corrected chi connectivity index (χ3v) is 6.50. The lowest BCUT2D eigenvalue weighted by molar-refractivity contribution is -0.138. The maximum Gasteiger partial charge on any atom is 0.416 e. The van der Waals surface area contributed by atoms with Crippen LogP contribution in [0.5, 0.6) is 0 Å². The summed E-state index contributed by atoms with van der Waals surface area (Å²) in [6.45, 7) is 6.18. The minimum atomic E-state index is -4.38. The zero-order valence-electron chi connectivity index (χ0n) is 18.4. The van der Waals surface area contributed by atoms with Crippen LogP contribution in [0.4, 0.5) is 13.2 Å². The number of alkyl halides is 3. The van der Waals surface area contributed by atoms with Crippen molar-refractivity contribution in [1.82, 2.24) is 9.80 Å². The average Bonchev–Trinajstić information content (AvgIpc) is 3.33. The quantitative estimate of drug-likeness (QED) is 0.699. The molecule has 1 aromatic carbocycles. The van der Waals surface area contributed by atoms with Gasteiger partial charge in [0, 0.05) is 38.2 Å². The van der Waals surface area contributed by atoms with E-state index < -0.39 is 11.7 Å². The van der Waals surface area contributed by atoms with Crippen LogP contribution in [0.3, 0.4) is 0 Å². The molecule has 2 amide bonds. The number of nitrogens with zero attached hydrogens (tertiary/aromatic N) is 3. The molecule has 0 aliphatic carbocycles. The molecule has 32 heavy (non-hydrogen) atoms. The van der Waals surface area contributed by atoms with Gasteiger partial charge in [-0.3, -0.25) is 14.6 Å². The molecule has 0 unspecified atom stereocenters. The summed E-state index contributed by atoms with van der Waals surface area (Å²) >= 11 is 0. The molecule has 5 nitrogen and oxygen atoms in total. The van der Waals surface area contributed by atoms with Crippen molar-refractivity contribution < 1.29 is 22.8 Å². The van der Waals surface area contributed by atoms with Gasteiger partial charge in [0.15, 0.2) is 0 Å². The Balaban J connectivity index is 1.39. The second-order valence-electron chi connectivity index (χ2n) is 9.25. The van der Waals surface area contributed by atoms with Gasteiger partial charge in [-0.05, 0) is 41.9 Å². The van der Waals surface area contributed by atoms with Crippen molar-refractivity contribution in [2.75, 3.05) is 32.7 Å². The number of halogens is 3. The number of hydrogen-bond donors (Lipinski definition) is 0. The highest BCUT2D eigenvalue weighted by atomic mass is 19.4. The van der Waals surface area contributed by atoms with Crippen molar-refractivity contribution in [3.63, 3.8) is 0 Å². The Hall–Kier alpha value is -2.64. The van der Waals surface area contributed by atoms with Crippen molar-refractivity contribution in [2.45, 2.75) is 45.2 Å². The predicted molar refractivity (Wildman–Crippen MR) is 115 cm³/mol. The molecule has 3 heterocycles. The van der Waals surface area contributed by atoms with Crippen LogP contribution in [-0.2, 0) is 15.8 Å². The molecule has 172 valence electrons. The van der Waals surface area contributed by atoms with E-state index >= 15 is 0 Å². The van der Waals surface area contributed by atoms with Gasteiger partial charge in [-0.1, -0.05) is 32.0 Å². The Labute approximate surface area is 186 Å². The molecule has 3 aliphatic heterocycles. The zero-order valence-corrected chi connectivity index (χ0v) is 18.4. The van der Waals surface area contributed by atoms with Crippen LogP contribution in [0.25, 0.3) is 0 Å². The average molecular weight is 448 g/mol. The molecular formula is C24H28F3N3O2. The highest BCUT2D eigenvalue weighted by Crippen LogP contribution is 2.39. The van der Waals surface area contributed by atoms with Crippen molar-refractivity contribution in [1.29, 1.82) is 0 Å². The third-order valence-electron chi connectivity index (χ3n) is 6.50. The highest BCUT2D eigenvalue weighted by molar-refractivity contribution is 6.46. The van der Waals surface area contributed by atoms with Gasteiger partial charge in [0.2, 0.25) is 5.91 Å². The molecule has 0 aromatic heterocycles. The van der Waals surface area contributed by atoms with Gasteiger partial charge in [0.1, 0.15) is 5.71 Å². The van der Waals surface area contributed by atoms with Gasteiger partial charge in [-0.25, -0.2) is 0 Å². The summed E-state index contributed by atoms with van der Waals surface area (Å²) in [7, 11) is 0. The van der Waals surface area contributed by atoms with E-state index in [0.29, 0.717) is 63.3 Å². The standard InChI is InChI=1S/C24H28F3N3O2/c1-15(2)11-21(31)30-13-17-12-28-22(19(17)14-30)23(32)29-9-7-16(8-10-29)18-5-3-4-6-20(18)24(25,26)27/h3-6,15-16H,7-14H2,1-2H3. The molecule has 4 rings (SSSR count). The Morgan fingerprint density at radius 1 is 1.09 bits per heavy atom. The van der Waals surface area contributed by atoms with Gasteiger partial charge in [0.25, 0.3) is 5.91 Å². The first kappa shape index (κ1) is 22.6. The normalized spacial score (nSPS) is 19.6. The number of benzene rings is 1. The molecule has 0 spiro atoms. The van der Waals surface area contributed by atoms with Gasteiger partial charge >= 0.3 is 6.18 Å². The van der Waals surface area contributed by atoms with E-state index in [4.69, 9.17) is 0 Å². The fraction of sp³-hybridized carbons (Fsp3) is 0.542. The first-order chi connectivity index (χ1) is 15.1. The van der Waals surface area contributed by atoms with E-state index in [9.17, 15) is 22.8 Å². The molecule has 0 atom stereocenters. The van der Waals surface area contributed by atoms with E-state index in [1.165, 1.54) is 6.07 Å². The first-order valence-corrected chi connectivity index (χ1v) is 11.1. The van der Waals surface area contributed by atoms with Gasteiger partial charge in [-0.15, -0.1) is 0 Å². The summed E-state index contributed by atoms with van der Waals surface area (Å²) in [5, 5.41) is 0. The smallest absolute Gasteiger partial charge is 0.337 e. The number of carbonyl (C=O) groups excluding carboxylic acids is 2. The molecule has 1 fully saturated rings. The Morgan fingerprint density at radius 3 is 2.44 bits per heavy atom. The van der Waals surface area contributed by atoms with Crippen LogP contribution in [0.1, 0.15) is 50.2 Å². The van der Waals surface area contributed by atoms with Crippen LogP contribution < -0.4 is 0 Å². The maximum atomic E-state index is 13.4. The fourth-order valence-corrected chi connectivity index (χ4v) is 4.85. The molecule has 1 saturated heterocycles. The third kappa shape index (κ3) is 4.45. The summed E-state index contributed by atoms with van der Waals surface area (Å²) in [4.78, 5) is 33.5. The monoisotopic (exact) mass is 447 g/mol. The Bertz CT molecular complexity index is 973. The van der Waals surface area contributed by atoms with Crippen LogP contribution >= 0.6 is 0 Å². The topological polar surface area (TPSA) is 53.0 Å². The molecule has 1 aromatic rings. The predicted octanol–water partition coefficient (Wildman–Crippen LogP) is 4.05. The number of piperidine rings is 1. The van der Waals surface area contributed by atoms with Crippen LogP contribution in [-0.4, -0.2) is 60.0 Å². The molecule has 0 N–H and O–H groups in total. The van der Waals surface area contributed by atoms with Crippen LogP contribution in [0.15, 0.2) is 40.4 Å². The van der Waals surface area contributed by atoms with E-state index in [1.807, 2.05) is 13.8 Å². The second-order valence-corrected chi connectivity index (χ2v) is 9.25. The Morgan fingerprint density at radius 2 is 1.78 bits per heavy atom. The van der Waals surface area contributed by atoms with E-state index in [-0.39, 0.29) is 23.7 Å². The first-order valence-electron chi connectivity index (χ1n) is 11.1. The Kier molecular flexibility index (Phi) is 6.14. The molecule has 0 radical (unpaired) electrons. The van der Waals surface area contributed by atoms with E-state index in [1.54, 1.807) is 21.9 Å². The lowest BCUT2D eigenvalue weighted by Crippen LogP contribution is -2.43. The van der Waals surface area contributed by atoms with Crippen molar-refractivity contribution in [3.8, 4) is 0 Å². The van der Waals surface area contributed by atoms with Gasteiger partial charge < -0.3 is 9.80 Å². The summed E-state index contributed by atoms with van der Waals surface area (Å²) < 4.78 is 40.1. The van der Waals surface area contributed by atoms with Gasteiger partial charge in [0.05, 0.1) is 12.1 Å². The van der Waals surface area contributed by atoms with Crippen molar-refractivity contribution >= 4 is 17.5 Å². The minimum absolute atomic E-state index is 0.0883. The summed E-state index contributed by atoms with van der Waals surface area (Å²) in [6, 6.07) is 5.71. The number of aliphatic imine (C=N–C) groups is 1. The number of hydrogen-bond acceptors (Lipinski definition) is 3. The SMILES string of the molecule is CC(C)CC(=O)N1CC2=C(C1)C(C(=O)N1CCC(c3ccccc3C(F)(F)F)CC1)=NC2. The molecule has 0 bridgehead atoms. The molecule has 8 heteroatoms. The second kappa shape index (κ2) is 8.71. The van der Waals surface area contributed by atoms with Crippen molar-refractivity contribution in [3.05, 3.63) is 46.5 Å². The highest BCUT2D eigenvalue weighted by Gasteiger charge is 2.38. The number of rotatable bonds is 4. The molecule has 0 saturated carbocycles. The summed E-state index contributed by atoms with van der Waals surface area (Å²) in [5.41, 5.74) is 2.03. The summed E-state index contributed by atoms with van der Waals surface area (Å²) in [5.74, 6) is -0.0367. The van der Waals surface area contributed by atoms with Crippen LogP contribution in [0.2, 0.25) is 0 Å². The largest absolute Gasteiger partial charge is 0.416 e. The zero-order chi connectivity index (χ0) is 23.0. The number of carbonyl (C=O) groups is 2. The maximum absolute atomic E-state index is 13.4. The minimum Gasteiger partial charge on any atom is -0.337 e. The lowest BCUT2D eigenvalue weighted by atomic mass is 9.86. The summed E-state index contributed by atoms with van der Waals surface area (Å²) in [6.07, 6.45) is -2.94. The molecule has 3 aliphatic rings. The molecular weight excluding hydrogens is 419 g/mol. The lowest BCUT2D eigenvalue weighted by Gasteiger charge is -2.33. The van der Waals surface area contributed by atoms with E-state index in [2.05, 4.69) is 4.99 Å². The van der Waals surface area contributed by atoms with Gasteiger partial charge in [-0.2, -0.15) is 13.2 Å². The van der Waals surface area contributed by atoms with Crippen molar-refractivity contribution in [2.24, 2.45) is 10.9 Å². The number of amides is 2. The number of likely N-dealkylation sites (tertiary alicyclic amines) is 1. The fourth-order valence-electron chi connectivity index (χ4n) is 4.85. The van der Waals surface area contributed by atoms with E-state index in [0.717, 1.165) is 17.2 Å².